The topological polar surface area (TPSA) is 90.8 Å². The average Bonchev–Trinajstić information content (AvgIpc) is 3.14. The Morgan fingerprint density at radius 1 is 1.16 bits per heavy atom. The van der Waals surface area contributed by atoms with Gasteiger partial charge in [0.05, 0.1) is 10.8 Å². The van der Waals surface area contributed by atoms with E-state index in [1.807, 2.05) is 0 Å². The number of carboxylic acids is 1. The van der Waals surface area contributed by atoms with Crippen molar-refractivity contribution in [2.75, 3.05) is 24.5 Å². The van der Waals surface area contributed by atoms with E-state index in [1.54, 1.807) is 36.1 Å². The monoisotopic (exact) mass is 469 g/mol. The van der Waals surface area contributed by atoms with Crippen molar-refractivity contribution in [2.24, 2.45) is 0 Å². The van der Waals surface area contributed by atoms with Crippen LogP contribution in [0.15, 0.2) is 42.6 Å². The first-order chi connectivity index (χ1) is 15.0. The van der Waals surface area contributed by atoms with E-state index >= 15 is 0 Å². The Morgan fingerprint density at radius 2 is 1.88 bits per heavy atom. The second-order valence-corrected chi connectivity index (χ2v) is 10.2. The maximum atomic E-state index is 13.5. The van der Waals surface area contributed by atoms with Crippen LogP contribution in [0.1, 0.15) is 29.5 Å². The van der Waals surface area contributed by atoms with Gasteiger partial charge >= 0.3 is 12.1 Å². The number of sulfonamides is 1. The maximum absolute atomic E-state index is 13.5. The maximum Gasteiger partial charge on any atom is 0.417 e. The summed E-state index contributed by atoms with van der Waals surface area (Å²) in [7, 11) is -3.95. The zero-order chi connectivity index (χ0) is 23.3. The van der Waals surface area contributed by atoms with E-state index in [-0.39, 0.29) is 26.1 Å². The van der Waals surface area contributed by atoms with Gasteiger partial charge in [0.1, 0.15) is 11.7 Å². The molecule has 32 heavy (non-hydrogen) atoms. The van der Waals surface area contributed by atoms with Crippen LogP contribution in [0.3, 0.4) is 0 Å². The van der Waals surface area contributed by atoms with Gasteiger partial charge in [-0.3, -0.25) is 4.79 Å². The molecule has 2 unspecified atom stereocenters. The minimum Gasteiger partial charge on any atom is -0.481 e. The van der Waals surface area contributed by atoms with Gasteiger partial charge in [-0.1, -0.05) is 24.3 Å². The molecular formula is C21H22F3N3O4S. The lowest BCUT2D eigenvalue weighted by Crippen LogP contribution is -2.57. The molecule has 4 rings (SSSR count). The largest absolute Gasteiger partial charge is 0.481 e. The Labute approximate surface area is 183 Å². The van der Waals surface area contributed by atoms with Crippen molar-refractivity contribution in [1.82, 2.24) is 9.29 Å². The van der Waals surface area contributed by atoms with Gasteiger partial charge in [0.2, 0.25) is 10.0 Å². The van der Waals surface area contributed by atoms with Crippen LogP contribution in [0.5, 0.6) is 0 Å². The van der Waals surface area contributed by atoms with Crippen molar-refractivity contribution >= 4 is 21.8 Å². The van der Waals surface area contributed by atoms with Crippen molar-refractivity contribution in [3.05, 3.63) is 59.3 Å². The van der Waals surface area contributed by atoms with Gasteiger partial charge in [0.25, 0.3) is 0 Å². The number of hydrogen-bond acceptors (Lipinski definition) is 5. The lowest BCUT2D eigenvalue weighted by atomic mass is 10.0. The Hall–Kier alpha value is -2.66. The molecule has 172 valence electrons. The molecule has 11 heteroatoms. The first-order valence-electron chi connectivity index (χ1n) is 10.1. The van der Waals surface area contributed by atoms with Gasteiger partial charge in [-0.15, -0.1) is 0 Å². The summed E-state index contributed by atoms with van der Waals surface area (Å²) >= 11 is 0. The molecule has 0 radical (unpaired) electrons. The fourth-order valence-corrected chi connectivity index (χ4v) is 6.82. The number of carbonyl (C=O) groups is 1. The summed E-state index contributed by atoms with van der Waals surface area (Å²) in [5.74, 6) is -1.99. The van der Waals surface area contributed by atoms with Gasteiger partial charge in [-0.25, -0.2) is 13.4 Å². The number of nitrogens with zero attached hydrogens (tertiary/aromatic N) is 3. The molecule has 1 fully saturated rings. The first-order valence-corrected chi connectivity index (χ1v) is 11.6. The minimum absolute atomic E-state index is 0.0887. The molecule has 1 saturated heterocycles. The zero-order valence-corrected chi connectivity index (χ0v) is 18.0. The smallest absolute Gasteiger partial charge is 0.417 e. The lowest BCUT2D eigenvalue weighted by Gasteiger charge is -2.41. The van der Waals surface area contributed by atoms with Gasteiger partial charge < -0.3 is 10.0 Å². The normalized spacial score (nSPS) is 24.4. The number of fused-ring (bicyclic) bond motifs is 1. The fraction of sp³-hybridized carbons (Fsp3) is 0.429. The van der Waals surface area contributed by atoms with E-state index in [1.165, 1.54) is 10.4 Å². The second kappa shape index (κ2) is 8.04. The number of hydrogen-bond donors (Lipinski definition) is 1. The summed E-state index contributed by atoms with van der Waals surface area (Å²) in [5.41, 5.74) is 0.388. The summed E-state index contributed by atoms with van der Waals surface area (Å²) in [6.45, 7) is 2.26. The Kier molecular flexibility index (Phi) is 5.66. The fourth-order valence-electron chi connectivity index (χ4n) is 4.57. The standard InChI is InChI=1S/C21H22F3N3O4S/c1-13-12-26(18-7-6-15(11-25-18)21(22,23)24)8-9-27(13)32(30,31)17-10-14-4-2-3-5-16(14)19(17)20(28)29/h2-7,11,13,17,19H,8-10,12H2,1H3,(H,28,29)/t13?,17-,19?/m0/s1. The van der Waals surface area contributed by atoms with Gasteiger partial charge in [-0.05, 0) is 36.6 Å². The number of carboxylic acid groups (broad SMARTS) is 1. The van der Waals surface area contributed by atoms with E-state index in [2.05, 4.69) is 4.98 Å². The molecule has 1 aliphatic carbocycles. The summed E-state index contributed by atoms with van der Waals surface area (Å²) in [4.78, 5) is 17.6. The number of aromatic nitrogens is 1. The highest BCUT2D eigenvalue weighted by Gasteiger charge is 2.49. The van der Waals surface area contributed by atoms with Crippen LogP contribution in [0.25, 0.3) is 0 Å². The molecular weight excluding hydrogens is 447 g/mol. The molecule has 0 bridgehead atoms. The lowest BCUT2D eigenvalue weighted by molar-refractivity contribution is -0.139. The van der Waals surface area contributed by atoms with Crippen LogP contribution in [0.2, 0.25) is 0 Å². The number of halogens is 3. The average molecular weight is 469 g/mol. The number of pyridine rings is 1. The van der Waals surface area contributed by atoms with Crippen molar-refractivity contribution in [1.29, 1.82) is 0 Å². The molecule has 1 aromatic carbocycles. The van der Waals surface area contributed by atoms with Crippen LogP contribution in [-0.4, -0.2) is 59.7 Å². The molecule has 7 nitrogen and oxygen atoms in total. The summed E-state index contributed by atoms with van der Waals surface area (Å²) in [5, 5.41) is 8.65. The quantitative estimate of drug-likeness (QED) is 0.741. The van der Waals surface area contributed by atoms with Crippen molar-refractivity contribution in [3.8, 4) is 0 Å². The summed E-state index contributed by atoms with van der Waals surface area (Å²) in [6.07, 6.45) is -3.59. The number of aliphatic carboxylic acids is 1. The highest BCUT2D eigenvalue weighted by molar-refractivity contribution is 7.89. The van der Waals surface area contributed by atoms with Crippen LogP contribution in [0.4, 0.5) is 19.0 Å². The first kappa shape index (κ1) is 22.5. The van der Waals surface area contributed by atoms with E-state index < -0.39 is 44.9 Å². The predicted molar refractivity (Wildman–Crippen MR) is 111 cm³/mol. The van der Waals surface area contributed by atoms with Crippen LogP contribution >= 0.6 is 0 Å². The number of piperazine rings is 1. The highest BCUT2D eigenvalue weighted by Crippen LogP contribution is 2.39. The molecule has 2 aromatic rings. The van der Waals surface area contributed by atoms with E-state index in [0.29, 0.717) is 16.9 Å². The molecule has 1 aliphatic heterocycles. The molecule has 0 saturated carbocycles. The molecule has 2 heterocycles. The van der Waals surface area contributed by atoms with E-state index in [4.69, 9.17) is 0 Å². The van der Waals surface area contributed by atoms with Gasteiger partial charge in [0, 0.05) is 31.9 Å². The van der Waals surface area contributed by atoms with E-state index in [9.17, 15) is 31.5 Å². The van der Waals surface area contributed by atoms with Gasteiger partial charge in [-0.2, -0.15) is 17.5 Å². The van der Waals surface area contributed by atoms with Gasteiger partial charge in [0.15, 0.2) is 0 Å². The second-order valence-electron chi connectivity index (χ2n) is 8.11. The molecule has 0 amide bonds. The third-order valence-electron chi connectivity index (χ3n) is 6.12. The van der Waals surface area contributed by atoms with Crippen molar-refractivity contribution in [3.63, 3.8) is 0 Å². The Bertz CT molecular complexity index is 1120. The Morgan fingerprint density at radius 3 is 2.47 bits per heavy atom. The summed E-state index contributed by atoms with van der Waals surface area (Å²) in [6, 6.07) is 8.57. The van der Waals surface area contributed by atoms with E-state index in [0.717, 1.165) is 12.3 Å². The third-order valence-corrected chi connectivity index (χ3v) is 8.52. The van der Waals surface area contributed by atoms with Crippen molar-refractivity contribution < 1.29 is 31.5 Å². The number of rotatable bonds is 4. The number of benzene rings is 1. The van der Waals surface area contributed by atoms with Crippen molar-refractivity contribution in [2.45, 2.75) is 36.7 Å². The molecule has 2 aliphatic rings. The SMILES string of the molecule is CC1CN(c2ccc(C(F)(F)F)cn2)CCN1S(=O)(=O)[C@H]1Cc2ccccc2C1C(=O)O. The molecule has 0 spiro atoms. The zero-order valence-electron chi connectivity index (χ0n) is 17.2. The highest BCUT2D eigenvalue weighted by atomic mass is 32.2. The minimum atomic E-state index is -4.48. The van der Waals surface area contributed by atoms with Crippen LogP contribution < -0.4 is 4.90 Å². The summed E-state index contributed by atoms with van der Waals surface area (Å²) < 4.78 is 66.6. The molecule has 1 aromatic heterocycles. The Balaban J connectivity index is 1.53. The predicted octanol–water partition coefficient (Wildman–Crippen LogP) is 2.73. The van der Waals surface area contributed by atoms with Crippen LogP contribution in [0, 0.1) is 0 Å². The number of alkyl halides is 3. The molecule has 1 N–H and O–H groups in total. The molecule has 3 atom stereocenters. The third kappa shape index (κ3) is 3.95. The number of anilines is 1. The van der Waals surface area contributed by atoms with Crippen LogP contribution in [-0.2, 0) is 27.4 Å².